The van der Waals surface area contributed by atoms with E-state index in [1.54, 1.807) is 26.8 Å². The molecule has 1 aromatic carbocycles. The number of ether oxygens (including phenoxy) is 2. The van der Waals surface area contributed by atoms with Crippen LogP contribution in [0.1, 0.15) is 25.0 Å². The molecule has 124 valence electrons. The Bertz CT molecular complexity index is 605. The second kappa shape index (κ2) is 8.73. The van der Waals surface area contributed by atoms with Crippen LogP contribution in [-0.2, 0) is 19.1 Å². The van der Waals surface area contributed by atoms with Crippen molar-refractivity contribution in [1.29, 1.82) is 5.26 Å². The quantitative estimate of drug-likeness (QED) is 0.714. The van der Waals surface area contributed by atoms with E-state index in [4.69, 9.17) is 14.7 Å². The molecule has 0 aliphatic rings. The summed E-state index contributed by atoms with van der Waals surface area (Å²) >= 11 is 0. The summed E-state index contributed by atoms with van der Waals surface area (Å²) in [5.74, 6) is -1.71. The van der Waals surface area contributed by atoms with Crippen LogP contribution in [-0.4, -0.2) is 38.2 Å². The molecule has 0 amide bonds. The van der Waals surface area contributed by atoms with E-state index in [0.29, 0.717) is 11.3 Å². The first-order valence-corrected chi connectivity index (χ1v) is 7.19. The summed E-state index contributed by atoms with van der Waals surface area (Å²) in [5, 5.41) is 8.96. The smallest absolute Gasteiger partial charge is 0.325 e. The van der Waals surface area contributed by atoms with Crippen LogP contribution < -0.4 is 4.90 Å². The molecule has 0 aromatic heterocycles. The molecule has 1 aromatic rings. The normalized spacial score (nSPS) is 9.87. The van der Waals surface area contributed by atoms with Gasteiger partial charge in [0.05, 0.1) is 18.8 Å². The van der Waals surface area contributed by atoms with E-state index in [1.807, 2.05) is 0 Å². The van der Waals surface area contributed by atoms with Gasteiger partial charge in [0.1, 0.15) is 25.0 Å². The summed E-state index contributed by atoms with van der Waals surface area (Å²) in [6.07, 6.45) is 0. The van der Waals surface area contributed by atoms with Gasteiger partial charge < -0.3 is 14.4 Å². The number of nitrogens with zero attached hydrogens (tertiary/aromatic N) is 2. The third-order valence-corrected chi connectivity index (χ3v) is 3.00. The first-order chi connectivity index (χ1) is 10.9. The number of hydrogen-bond donors (Lipinski definition) is 0. The number of esters is 2. The number of rotatable bonds is 7. The van der Waals surface area contributed by atoms with Gasteiger partial charge in [-0.1, -0.05) is 0 Å². The fraction of sp³-hybridized carbons (Fsp3) is 0.438. The summed E-state index contributed by atoms with van der Waals surface area (Å²) in [6, 6.07) is 4.24. The molecular formula is C16H19FN2O4. The van der Waals surface area contributed by atoms with E-state index in [-0.39, 0.29) is 31.9 Å². The van der Waals surface area contributed by atoms with Crippen LogP contribution in [0.2, 0.25) is 0 Å². The molecule has 0 aliphatic carbocycles. The van der Waals surface area contributed by atoms with Crippen LogP contribution in [0.5, 0.6) is 0 Å². The van der Waals surface area contributed by atoms with Gasteiger partial charge in [-0.3, -0.25) is 9.59 Å². The number of halogens is 1. The molecule has 0 atom stereocenters. The van der Waals surface area contributed by atoms with Crippen LogP contribution in [0, 0.1) is 24.1 Å². The zero-order chi connectivity index (χ0) is 17.4. The summed E-state index contributed by atoms with van der Waals surface area (Å²) in [6.45, 7) is 4.97. The van der Waals surface area contributed by atoms with Crippen LogP contribution in [0.15, 0.2) is 12.1 Å². The molecule has 0 radical (unpaired) electrons. The highest BCUT2D eigenvalue weighted by Crippen LogP contribution is 2.24. The summed E-state index contributed by atoms with van der Waals surface area (Å²) in [5.41, 5.74) is 0.738. The molecule has 23 heavy (non-hydrogen) atoms. The predicted molar refractivity (Wildman–Crippen MR) is 81.3 cm³/mol. The van der Waals surface area contributed by atoms with Gasteiger partial charge in [-0.25, -0.2) is 4.39 Å². The number of benzene rings is 1. The Kier molecular flexibility index (Phi) is 7.00. The van der Waals surface area contributed by atoms with Crippen LogP contribution >= 0.6 is 0 Å². The molecule has 0 spiro atoms. The molecule has 6 nitrogen and oxygen atoms in total. The van der Waals surface area contributed by atoms with Gasteiger partial charge in [0.25, 0.3) is 0 Å². The fourth-order valence-electron chi connectivity index (χ4n) is 2.04. The van der Waals surface area contributed by atoms with Crippen molar-refractivity contribution < 1.29 is 23.5 Å². The van der Waals surface area contributed by atoms with Gasteiger partial charge in [0.2, 0.25) is 0 Å². The minimum absolute atomic E-state index is 0.164. The van der Waals surface area contributed by atoms with Crippen LogP contribution in [0.25, 0.3) is 0 Å². The third-order valence-electron chi connectivity index (χ3n) is 3.00. The Hall–Kier alpha value is -2.62. The van der Waals surface area contributed by atoms with E-state index >= 15 is 0 Å². The highest BCUT2D eigenvalue weighted by atomic mass is 19.1. The predicted octanol–water partition coefficient (Wildman–Crippen LogP) is 1.94. The largest absolute Gasteiger partial charge is 0.465 e. The van der Waals surface area contributed by atoms with E-state index in [0.717, 1.165) is 0 Å². The van der Waals surface area contributed by atoms with E-state index in [1.165, 1.54) is 17.0 Å². The van der Waals surface area contributed by atoms with Crippen molar-refractivity contribution in [3.63, 3.8) is 0 Å². The van der Waals surface area contributed by atoms with Crippen molar-refractivity contribution in [3.8, 4) is 6.07 Å². The van der Waals surface area contributed by atoms with Crippen molar-refractivity contribution in [3.05, 3.63) is 29.1 Å². The number of nitriles is 1. The first-order valence-electron chi connectivity index (χ1n) is 7.19. The molecule has 0 saturated heterocycles. The standard InChI is InChI=1S/C16H19FN2O4/c1-4-22-15(20)9-19(10-16(21)23-5-2)14-7-12(8-18)13(17)6-11(14)3/h6-7H,4-5,9-10H2,1-3H3. The van der Waals surface area contributed by atoms with E-state index in [9.17, 15) is 14.0 Å². The van der Waals surface area contributed by atoms with Gasteiger partial charge in [-0.15, -0.1) is 0 Å². The Morgan fingerprint density at radius 1 is 1.17 bits per heavy atom. The summed E-state index contributed by atoms with van der Waals surface area (Å²) in [4.78, 5) is 24.9. The maximum Gasteiger partial charge on any atom is 0.325 e. The minimum atomic E-state index is -0.652. The number of aryl methyl sites for hydroxylation is 1. The number of anilines is 1. The Morgan fingerprint density at radius 3 is 2.13 bits per heavy atom. The van der Waals surface area contributed by atoms with Crippen molar-refractivity contribution in [2.45, 2.75) is 20.8 Å². The van der Waals surface area contributed by atoms with Crippen LogP contribution in [0.4, 0.5) is 10.1 Å². The second-order valence-electron chi connectivity index (χ2n) is 4.70. The van der Waals surface area contributed by atoms with Crippen molar-refractivity contribution in [2.24, 2.45) is 0 Å². The zero-order valence-electron chi connectivity index (χ0n) is 13.4. The summed E-state index contributed by atoms with van der Waals surface area (Å²) < 4.78 is 23.4. The van der Waals surface area contributed by atoms with Gasteiger partial charge in [0, 0.05) is 5.69 Å². The highest BCUT2D eigenvalue weighted by molar-refractivity contribution is 5.82. The lowest BCUT2D eigenvalue weighted by atomic mass is 10.1. The van der Waals surface area contributed by atoms with Gasteiger partial charge >= 0.3 is 11.9 Å². The maximum atomic E-state index is 13.6. The number of carbonyl (C=O) groups is 2. The van der Waals surface area contributed by atoms with Gasteiger partial charge in [-0.2, -0.15) is 5.26 Å². The van der Waals surface area contributed by atoms with Crippen molar-refractivity contribution in [2.75, 3.05) is 31.2 Å². The van der Waals surface area contributed by atoms with Crippen molar-refractivity contribution >= 4 is 17.6 Å². The molecule has 0 aliphatic heterocycles. The topological polar surface area (TPSA) is 79.6 Å². The van der Waals surface area contributed by atoms with Crippen LogP contribution in [0.3, 0.4) is 0 Å². The molecule has 0 saturated carbocycles. The lowest BCUT2D eigenvalue weighted by molar-refractivity contribution is -0.142. The Morgan fingerprint density at radius 2 is 1.70 bits per heavy atom. The average molecular weight is 322 g/mol. The molecule has 1 rings (SSSR count). The SMILES string of the molecule is CCOC(=O)CN(CC(=O)OCC)c1cc(C#N)c(F)cc1C. The molecule has 0 bridgehead atoms. The average Bonchev–Trinajstić information content (AvgIpc) is 2.47. The molecule has 0 heterocycles. The highest BCUT2D eigenvalue weighted by Gasteiger charge is 2.20. The Balaban J connectivity index is 3.14. The zero-order valence-corrected chi connectivity index (χ0v) is 13.4. The monoisotopic (exact) mass is 322 g/mol. The lowest BCUT2D eigenvalue weighted by Crippen LogP contribution is -2.36. The van der Waals surface area contributed by atoms with E-state index < -0.39 is 17.8 Å². The molecular weight excluding hydrogens is 303 g/mol. The Labute approximate surface area is 134 Å². The molecule has 0 fully saturated rings. The van der Waals surface area contributed by atoms with Gasteiger partial charge in [0.15, 0.2) is 0 Å². The minimum Gasteiger partial charge on any atom is -0.465 e. The van der Waals surface area contributed by atoms with E-state index in [2.05, 4.69) is 0 Å². The third kappa shape index (κ3) is 5.25. The second-order valence-corrected chi connectivity index (χ2v) is 4.70. The first kappa shape index (κ1) is 18.4. The molecule has 0 N–H and O–H groups in total. The lowest BCUT2D eigenvalue weighted by Gasteiger charge is -2.24. The summed E-state index contributed by atoms with van der Waals surface area (Å²) in [7, 11) is 0. The van der Waals surface area contributed by atoms with Gasteiger partial charge in [-0.05, 0) is 38.5 Å². The molecule has 0 unspecified atom stereocenters. The molecule has 7 heteroatoms. The number of hydrogen-bond acceptors (Lipinski definition) is 6. The number of carbonyl (C=O) groups excluding carboxylic acids is 2. The maximum absolute atomic E-state index is 13.6. The fourth-order valence-corrected chi connectivity index (χ4v) is 2.04. The van der Waals surface area contributed by atoms with Crippen molar-refractivity contribution in [1.82, 2.24) is 0 Å².